The Morgan fingerprint density at radius 3 is 2.47 bits per heavy atom. The fourth-order valence-corrected chi connectivity index (χ4v) is 1.77. The van der Waals surface area contributed by atoms with Gasteiger partial charge in [0.1, 0.15) is 5.82 Å². The molecule has 0 aliphatic rings. The second-order valence-corrected chi connectivity index (χ2v) is 4.21. The zero-order chi connectivity index (χ0) is 12.3. The molecule has 1 nitrogen and oxygen atoms in total. The SMILES string of the molecule is Cc1ccc(C(O)Cc2ccccc2)cc1F. The Labute approximate surface area is 101 Å². The lowest BCUT2D eigenvalue weighted by atomic mass is 10.0. The predicted octanol–water partition coefficient (Wildman–Crippen LogP) is 3.41. The van der Waals surface area contributed by atoms with E-state index < -0.39 is 6.10 Å². The predicted molar refractivity (Wildman–Crippen MR) is 66.2 cm³/mol. The average Bonchev–Trinajstić information content (AvgIpc) is 2.34. The van der Waals surface area contributed by atoms with Crippen LogP contribution in [0, 0.1) is 12.7 Å². The Morgan fingerprint density at radius 1 is 1.12 bits per heavy atom. The molecule has 88 valence electrons. The van der Waals surface area contributed by atoms with Gasteiger partial charge in [0.25, 0.3) is 0 Å². The van der Waals surface area contributed by atoms with Crippen molar-refractivity contribution in [1.29, 1.82) is 0 Å². The molecule has 0 aromatic heterocycles. The van der Waals surface area contributed by atoms with E-state index in [-0.39, 0.29) is 5.82 Å². The average molecular weight is 230 g/mol. The van der Waals surface area contributed by atoms with Gasteiger partial charge in [-0.2, -0.15) is 0 Å². The van der Waals surface area contributed by atoms with Gasteiger partial charge in [0.05, 0.1) is 6.10 Å². The lowest BCUT2D eigenvalue weighted by molar-refractivity contribution is 0.178. The fraction of sp³-hybridized carbons (Fsp3) is 0.200. The molecule has 2 aromatic carbocycles. The van der Waals surface area contributed by atoms with E-state index in [1.165, 1.54) is 6.07 Å². The van der Waals surface area contributed by atoms with E-state index in [0.29, 0.717) is 17.5 Å². The molecule has 0 bridgehead atoms. The molecule has 2 rings (SSSR count). The normalized spacial score (nSPS) is 12.4. The second kappa shape index (κ2) is 5.11. The zero-order valence-electron chi connectivity index (χ0n) is 9.73. The lowest BCUT2D eigenvalue weighted by Gasteiger charge is -2.11. The third-order valence-electron chi connectivity index (χ3n) is 2.85. The molecule has 2 heteroatoms. The Kier molecular flexibility index (Phi) is 3.55. The molecule has 0 amide bonds. The molecule has 17 heavy (non-hydrogen) atoms. The molecule has 1 atom stereocenters. The van der Waals surface area contributed by atoms with E-state index in [1.807, 2.05) is 30.3 Å². The number of benzene rings is 2. The lowest BCUT2D eigenvalue weighted by Crippen LogP contribution is -2.02. The van der Waals surface area contributed by atoms with E-state index in [2.05, 4.69) is 0 Å². The second-order valence-electron chi connectivity index (χ2n) is 4.21. The summed E-state index contributed by atoms with van der Waals surface area (Å²) < 4.78 is 13.4. The van der Waals surface area contributed by atoms with Gasteiger partial charge in [0, 0.05) is 6.42 Å². The quantitative estimate of drug-likeness (QED) is 0.856. The van der Waals surface area contributed by atoms with Crippen LogP contribution in [0.15, 0.2) is 48.5 Å². The maximum atomic E-state index is 13.4. The molecular formula is C15H15FO. The Balaban J connectivity index is 2.14. The van der Waals surface area contributed by atoms with Crippen LogP contribution in [0.4, 0.5) is 4.39 Å². The number of rotatable bonds is 3. The highest BCUT2D eigenvalue weighted by atomic mass is 19.1. The zero-order valence-corrected chi connectivity index (χ0v) is 9.73. The first-order valence-electron chi connectivity index (χ1n) is 5.65. The first-order valence-corrected chi connectivity index (χ1v) is 5.65. The van der Waals surface area contributed by atoms with E-state index in [0.717, 1.165) is 5.56 Å². The summed E-state index contributed by atoms with van der Waals surface area (Å²) in [7, 11) is 0. The number of hydrogen-bond donors (Lipinski definition) is 1. The molecular weight excluding hydrogens is 215 g/mol. The first-order chi connectivity index (χ1) is 8.16. The van der Waals surface area contributed by atoms with Crippen molar-refractivity contribution in [1.82, 2.24) is 0 Å². The van der Waals surface area contributed by atoms with Crippen LogP contribution in [-0.4, -0.2) is 5.11 Å². The number of aliphatic hydroxyl groups is 1. The first kappa shape index (κ1) is 11.8. The van der Waals surface area contributed by atoms with Gasteiger partial charge >= 0.3 is 0 Å². The highest BCUT2D eigenvalue weighted by Crippen LogP contribution is 2.20. The van der Waals surface area contributed by atoms with E-state index in [1.54, 1.807) is 19.1 Å². The van der Waals surface area contributed by atoms with E-state index in [9.17, 15) is 9.50 Å². The molecule has 0 saturated heterocycles. The van der Waals surface area contributed by atoms with Gasteiger partial charge in [-0.15, -0.1) is 0 Å². The minimum atomic E-state index is -0.660. The van der Waals surface area contributed by atoms with Crippen LogP contribution in [0.1, 0.15) is 22.8 Å². The molecule has 1 N–H and O–H groups in total. The third kappa shape index (κ3) is 2.92. The number of halogens is 1. The Bertz CT molecular complexity index is 494. The van der Waals surface area contributed by atoms with Gasteiger partial charge in [0.2, 0.25) is 0 Å². The maximum absolute atomic E-state index is 13.4. The largest absolute Gasteiger partial charge is 0.388 e. The van der Waals surface area contributed by atoms with Crippen molar-refractivity contribution < 1.29 is 9.50 Å². The molecule has 0 saturated carbocycles. The van der Waals surface area contributed by atoms with Gasteiger partial charge in [-0.05, 0) is 29.7 Å². The van der Waals surface area contributed by atoms with Crippen molar-refractivity contribution in [2.75, 3.05) is 0 Å². The summed E-state index contributed by atoms with van der Waals surface area (Å²) in [6.45, 7) is 1.71. The minimum Gasteiger partial charge on any atom is -0.388 e. The van der Waals surface area contributed by atoms with Gasteiger partial charge in [-0.1, -0.05) is 42.5 Å². The van der Waals surface area contributed by atoms with Gasteiger partial charge < -0.3 is 5.11 Å². The van der Waals surface area contributed by atoms with Crippen molar-refractivity contribution >= 4 is 0 Å². The molecule has 0 heterocycles. The molecule has 0 radical (unpaired) electrons. The van der Waals surface area contributed by atoms with Gasteiger partial charge in [-0.3, -0.25) is 0 Å². The van der Waals surface area contributed by atoms with Crippen LogP contribution in [0.5, 0.6) is 0 Å². The molecule has 2 aromatic rings. The minimum absolute atomic E-state index is 0.269. The summed E-state index contributed by atoms with van der Waals surface area (Å²) in [6.07, 6.45) is -0.156. The van der Waals surface area contributed by atoms with E-state index in [4.69, 9.17) is 0 Å². The summed E-state index contributed by atoms with van der Waals surface area (Å²) in [5, 5.41) is 10.0. The van der Waals surface area contributed by atoms with Crippen molar-refractivity contribution in [3.8, 4) is 0 Å². The smallest absolute Gasteiger partial charge is 0.126 e. The number of aryl methyl sites for hydroxylation is 1. The highest BCUT2D eigenvalue weighted by molar-refractivity contribution is 5.26. The van der Waals surface area contributed by atoms with Gasteiger partial charge in [0.15, 0.2) is 0 Å². The topological polar surface area (TPSA) is 20.2 Å². The van der Waals surface area contributed by atoms with Crippen LogP contribution >= 0.6 is 0 Å². The summed E-state index contributed by atoms with van der Waals surface area (Å²) in [5.74, 6) is -0.269. The standard InChI is InChI=1S/C15H15FO/c1-11-7-8-13(10-14(11)16)15(17)9-12-5-3-2-4-6-12/h2-8,10,15,17H,9H2,1H3. The fourth-order valence-electron chi connectivity index (χ4n) is 1.77. The van der Waals surface area contributed by atoms with Crippen LogP contribution in [0.2, 0.25) is 0 Å². The van der Waals surface area contributed by atoms with Crippen molar-refractivity contribution in [2.45, 2.75) is 19.4 Å². The molecule has 0 aliphatic carbocycles. The summed E-state index contributed by atoms with van der Waals surface area (Å²) >= 11 is 0. The third-order valence-corrected chi connectivity index (χ3v) is 2.85. The van der Waals surface area contributed by atoms with Crippen molar-refractivity contribution in [3.63, 3.8) is 0 Å². The molecule has 0 fully saturated rings. The molecule has 0 aliphatic heterocycles. The maximum Gasteiger partial charge on any atom is 0.126 e. The van der Waals surface area contributed by atoms with Crippen molar-refractivity contribution in [2.24, 2.45) is 0 Å². The monoisotopic (exact) mass is 230 g/mol. The van der Waals surface area contributed by atoms with Crippen LogP contribution < -0.4 is 0 Å². The molecule has 1 unspecified atom stereocenters. The highest BCUT2D eigenvalue weighted by Gasteiger charge is 2.10. The van der Waals surface area contributed by atoms with Crippen molar-refractivity contribution in [3.05, 3.63) is 71.0 Å². The van der Waals surface area contributed by atoms with Crippen LogP contribution in [0.3, 0.4) is 0 Å². The van der Waals surface area contributed by atoms with Crippen LogP contribution in [0.25, 0.3) is 0 Å². The number of aliphatic hydroxyl groups excluding tert-OH is 1. The summed E-state index contributed by atoms with van der Waals surface area (Å²) in [6, 6.07) is 14.6. The Morgan fingerprint density at radius 2 is 1.82 bits per heavy atom. The summed E-state index contributed by atoms with van der Waals surface area (Å²) in [4.78, 5) is 0. The Hall–Kier alpha value is -1.67. The van der Waals surface area contributed by atoms with E-state index >= 15 is 0 Å². The molecule has 0 spiro atoms. The number of hydrogen-bond acceptors (Lipinski definition) is 1. The van der Waals surface area contributed by atoms with Crippen LogP contribution in [-0.2, 0) is 6.42 Å². The summed E-state index contributed by atoms with van der Waals surface area (Å²) in [5.41, 5.74) is 2.26. The van der Waals surface area contributed by atoms with Gasteiger partial charge in [-0.25, -0.2) is 4.39 Å².